The molecule has 0 bridgehead atoms. The van der Waals surface area contributed by atoms with Crippen molar-refractivity contribution in [2.75, 3.05) is 13.6 Å². The summed E-state index contributed by atoms with van der Waals surface area (Å²) in [4.78, 5) is 2.47. The van der Waals surface area contributed by atoms with Crippen molar-refractivity contribution in [3.05, 3.63) is 11.9 Å². The van der Waals surface area contributed by atoms with Crippen LogP contribution in [0.25, 0.3) is 0 Å². The van der Waals surface area contributed by atoms with E-state index in [2.05, 4.69) is 47.6 Å². The molecule has 1 fully saturated rings. The Morgan fingerprint density at radius 1 is 1.42 bits per heavy atom. The van der Waals surface area contributed by atoms with Gasteiger partial charge >= 0.3 is 0 Å². The highest BCUT2D eigenvalue weighted by molar-refractivity contribution is 4.91. The van der Waals surface area contributed by atoms with Crippen LogP contribution in [-0.4, -0.2) is 45.6 Å². The van der Waals surface area contributed by atoms with Gasteiger partial charge in [-0.3, -0.25) is 4.68 Å². The average Bonchev–Trinajstić information content (AvgIpc) is 3.04. The Bertz CT molecular complexity index is 368. The van der Waals surface area contributed by atoms with Gasteiger partial charge in [0.1, 0.15) is 0 Å². The largest absolute Gasteiger partial charge is 0.309 e. The molecule has 1 N–H and O–H groups in total. The van der Waals surface area contributed by atoms with E-state index in [9.17, 15) is 0 Å². The molecule has 0 spiro atoms. The number of nitrogens with zero attached hydrogens (tertiary/aromatic N) is 4. The SMILES string of the molecule is CC(C)NCc1cn(CCN(C)C2CCCC2)nn1. The molecule has 108 valence electrons. The van der Waals surface area contributed by atoms with Gasteiger partial charge < -0.3 is 10.2 Å². The Kier molecular flexibility index (Phi) is 5.34. The second kappa shape index (κ2) is 7.01. The molecular weight excluding hydrogens is 238 g/mol. The van der Waals surface area contributed by atoms with Crippen LogP contribution in [0, 0.1) is 0 Å². The molecule has 19 heavy (non-hydrogen) atoms. The molecule has 2 rings (SSSR count). The summed E-state index contributed by atoms with van der Waals surface area (Å²) in [5, 5.41) is 11.7. The fourth-order valence-corrected chi connectivity index (χ4v) is 2.63. The lowest BCUT2D eigenvalue weighted by atomic mass is 10.2. The second-order valence-electron chi connectivity index (χ2n) is 5.93. The first-order valence-corrected chi connectivity index (χ1v) is 7.48. The van der Waals surface area contributed by atoms with Gasteiger partial charge in [-0.05, 0) is 19.9 Å². The fourth-order valence-electron chi connectivity index (χ4n) is 2.63. The summed E-state index contributed by atoms with van der Waals surface area (Å²) in [6.07, 6.45) is 7.55. The van der Waals surface area contributed by atoms with Crippen molar-refractivity contribution in [1.82, 2.24) is 25.2 Å². The molecule has 0 atom stereocenters. The molecule has 5 heteroatoms. The van der Waals surface area contributed by atoms with Gasteiger partial charge in [-0.2, -0.15) is 0 Å². The van der Waals surface area contributed by atoms with Gasteiger partial charge in [0.15, 0.2) is 0 Å². The zero-order valence-electron chi connectivity index (χ0n) is 12.5. The van der Waals surface area contributed by atoms with E-state index in [0.717, 1.165) is 31.4 Å². The van der Waals surface area contributed by atoms with Gasteiger partial charge in [0.25, 0.3) is 0 Å². The first-order valence-electron chi connectivity index (χ1n) is 7.48. The predicted molar refractivity (Wildman–Crippen MR) is 76.9 cm³/mol. The topological polar surface area (TPSA) is 46.0 Å². The smallest absolute Gasteiger partial charge is 0.0964 e. The minimum absolute atomic E-state index is 0.485. The molecule has 0 aromatic carbocycles. The Balaban J connectivity index is 1.73. The molecule has 0 amide bonds. The van der Waals surface area contributed by atoms with Crippen LogP contribution in [0.5, 0.6) is 0 Å². The van der Waals surface area contributed by atoms with Crippen LogP contribution in [0.1, 0.15) is 45.2 Å². The molecule has 1 aliphatic rings. The maximum Gasteiger partial charge on any atom is 0.0964 e. The van der Waals surface area contributed by atoms with E-state index in [-0.39, 0.29) is 0 Å². The lowest BCUT2D eigenvalue weighted by Crippen LogP contribution is -2.32. The Morgan fingerprint density at radius 2 is 2.16 bits per heavy atom. The molecule has 0 aliphatic heterocycles. The van der Waals surface area contributed by atoms with Crippen molar-refractivity contribution < 1.29 is 0 Å². The molecule has 1 saturated carbocycles. The molecule has 1 heterocycles. The third-order valence-electron chi connectivity index (χ3n) is 3.91. The average molecular weight is 265 g/mol. The van der Waals surface area contributed by atoms with Crippen LogP contribution in [0.3, 0.4) is 0 Å². The standard InChI is InChI=1S/C14H27N5/c1-12(2)15-10-13-11-19(17-16-13)9-8-18(3)14-6-4-5-7-14/h11-12,14-15H,4-10H2,1-3H3. The zero-order chi connectivity index (χ0) is 13.7. The van der Waals surface area contributed by atoms with Crippen molar-refractivity contribution in [3.8, 4) is 0 Å². The monoisotopic (exact) mass is 265 g/mol. The number of likely N-dealkylation sites (N-methyl/N-ethyl adjacent to an activating group) is 1. The Morgan fingerprint density at radius 3 is 2.84 bits per heavy atom. The molecule has 5 nitrogen and oxygen atoms in total. The van der Waals surface area contributed by atoms with E-state index >= 15 is 0 Å². The van der Waals surface area contributed by atoms with E-state index in [1.165, 1.54) is 25.7 Å². The summed E-state index contributed by atoms with van der Waals surface area (Å²) < 4.78 is 1.96. The van der Waals surface area contributed by atoms with Crippen LogP contribution in [0.4, 0.5) is 0 Å². The van der Waals surface area contributed by atoms with Crippen LogP contribution in [0.2, 0.25) is 0 Å². The van der Waals surface area contributed by atoms with Crippen LogP contribution in [0.15, 0.2) is 6.20 Å². The molecule has 1 aromatic heterocycles. The van der Waals surface area contributed by atoms with Gasteiger partial charge in [-0.25, -0.2) is 0 Å². The number of hydrogen-bond acceptors (Lipinski definition) is 4. The van der Waals surface area contributed by atoms with E-state index in [1.54, 1.807) is 0 Å². The Hall–Kier alpha value is -0.940. The molecule has 0 saturated heterocycles. The summed E-state index contributed by atoms with van der Waals surface area (Å²) in [6, 6.07) is 1.27. The Labute approximate surface area is 116 Å². The maximum atomic E-state index is 4.20. The number of rotatable bonds is 7. The minimum atomic E-state index is 0.485. The van der Waals surface area contributed by atoms with Crippen molar-refractivity contribution >= 4 is 0 Å². The molecular formula is C14H27N5. The normalized spacial score (nSPS) is 16.9. The summed E-state index contributed by atoms with van der Waals surface area (Å²) in [6.45, 7) is 7.07. The third kappa shape index (κ3) is 4.58. The van der Waals surface area contributed by atoms with Gasteiger partial charge in [0.2, 0.25) is 0 Å². The van der Waals surface area contributed by atoms with Gasteiger partial charge in [0.05, 0.1) is 12.2 Å². The lowest BCUT2D eigenvalue weighted by Gasteiger charge is -2.23. The minimum Gasteiger partial charge on any atom is -0.309 e. The molecule has 0 unspecified atom stereocenters. The first kappa shape index (κ1) is 14.5. The quantitative estimate of drug-likeness (QED) is 0.814. The lowest BCUT2D eigenvalue weighted by molar-refractivity contribution is 0.232. The predicted octanol–water partition coefficient (Wildman–Crippen LogP) is 1.65. The third-order valence-corrected chi connectivity index (χ3v) is 3.91. The van der Waals surface area contributed by atoms with Crippen molar-refractivity contribution in [2.24, 2.45) is 0 Å². The molecule has 0 radical (unpaired) electrons. The van der Waals surface area contributed by atoms with Crippen molar-refractivity contribution in [2.45, 2.75) is 64.7 Å². The van der Waals surface area contributed by atoms with Crippen molar-refractivity contribution in [1.29, 1.82) is 0 Å². The van der Waals surface area contributed by atoms with Crippen LogP contribution < -0.4 is 5.32 Å². The van der Waals surface area contributed by atoms with Gasteiger partial charge in [-0.15, -0.1) is 5.10 Å². The highest BCUT2D eigenvalue weighted by Crippen LogP contribution is 2.22. The van der Waals surface area contributed by atoms with Gasteiger partial charge in [0, 0.05) is 31.4 Å². The van der Waals surface area contributed by atoms with E-state index < -0.39 is 0 Å². The highest BCUT2D eigenvalue weighted by Gasteiger charge is 2.19. The number of nitrogens with one attached hydrogen (secondary N) is 1. The van der Waals surface area contributed by atoms with Gasteiger partial charge in [-0.1, -0.05) is 31.9 Å². The molecule has 1 aromatic rings. The molecule has 1 aliphatic carbocycles. The summed E-state index contributed by atoms with van der Waals surface area (Å²) >= 11 is 0. The van der Waals surface area contributed by atoms with E-state index in [1.807, 2.05) is 4.68 Å². The number of aromatic nitrogens is 3. The first-order chi connectivity index (χ1) is 9.15. The second-order valence-corrected chi connectivity index (χ2v) is 5.93. The van der Waals surface area contributed by atoms with Crippen LogP contribution >= 0.6 is 0 Å². The zero-order valence-corrected chi connectivity index (χ0v) is 12.5. The highest BCUT2D eigenvalue weighted by atomic mass is 15.4. The summed E-state index contributed by atoms with van der Waals surface area (Å²) in [5.41, 5.74) is 1.03. The fraction of sp³-hybridized carbons (Fsp3) is 0.857. The maximum absolute atomic E-state index is 4.20. The van der Waals surface area contributed by atoms with Crippen molar-refractivity contribution in [3.63, 3.8) is 0 Å². The summed E-state index contributed by atoms with van der Waals surface area (Å²) in [7, 11) is 2.23. The van der Waals surface area contributed by atoms with E-state index in [4.69, 9.17) is 0 Å². The van der Waals surface area contributed by atoms with E-state index in [0.29, 0.717) is 6.04 Å². The number of hydrogen-bond donors (Lipinski definition) is 1. The summed E-state index contributed by atoms with van der Waals surface area (Å²) in [5.74, 6) is 0. The van der Waals surface area contributed by atoms with Crippen LogP contribution in [-0.2, 0) is 13.1 Å².